The lowest BCUT2D eigenvalue weighted by Crippen LogP contribution is -1.89. The molecule has 6 aromatic carbocycles. The van der Waals surface area contributed by atoms with E-state index in [1.807, 2.05) is 12.4 Å². The predicted octanol–water partition coefficient (Wildman–Crippen LogP) is 9.91. The second kappa shape index (κ2) is 11.6. The van der Waals surface area contributed by atoms with Crippen LogP contribution in [-0.2, 0) is 13.1 Å². The van der Waals surface area contributed by atoms with Crippen LogP contribution >= 0.6 is 0 Å². The van der Waals surface area contributed by atoms with Gasteiger partial charge in [-0.05, 0) is 91.0 Å². The molecule has 0 amide bonds. The van der Waals surface area contributed by atoms with Gasteiger partial charge in [-0.2, -0.15) is 0 Å². The zero-order chi connectivity index (χ0) is 28.1. The lowest BCUT2D eigenvalue weighted by atomic mass is 9.98. The third-order valence-electron chi connectivity index (χ3n) is 7.76. The monoisotopic (exact) mass is 538 g/mol. The van der Waals surface area contributed by atoms with Gasteiger partial charge in [-0.3, -0.25) is 9.98 Å². The van der Waals surface area contributed by atoms with Crippen molar-refractivity contribution in [3.8, 4) is 44.5 Å². The fourth-order valence-electron chi connectivity index (χ4n) is 5.52. The number of benzene rings is 6. The molecule has 0 atom stereocenters. The summed E-state index contributed by atoms with van der Waals surface area (Å²) in [4.78, 5) is 9.57. The summed E-state index contributed by atoms with van der Waals surface area (Å²) < 4.78 is 0. The maximum absolute atomic E-state index is 4.78. The van der Waals surface area contributed by atoms with Gasteiger partial charge in [0.25, 0.3) is 0 Å². The number of rotatable bonds is 0. The molecule has 0 N–H and O–H groups in total. The first kappa shape index (κ1) is 25.6. The quantitative estimate of drug-likeness (QED) is 0.184. The van der Waals surface area contributed by atoms with Gasteiger partial charge in [0, 0.05) is 12.4 Å². The Balaban J connectivity index is 1.26. The van der Waals surface area contributed by atoms with Crippen LogP contribution in [0.3, 0.4) is 0 Å². The van der Waals surface area contributed by atoms with E-state index in [-0.39, 0.29) is 0 Å². The Hall–Kier alpha value is -5.34. The third-order valence-corrected chi connectivity index (χ3v) is 7.76. The van der Waals surface area contributed by atoms with Crippen molar-refractivity contribution in [2.24, 2.45) is 9.98 Å². The summed E-state index contributed by atoms with van der Waals surface area (Å²) in [6, 6.07) is 52.1. The van der Waals surface area contributed by atoms with Gasteiger partial charge in [0.05, 0.1) is 13.1 Å². The van der Waals surface area contributed by atoms with Gasteiger partial charge in [-0.1, -0.05) is 121 Å². The molecular weight excluding hydrogens is 508 g/mol. The molecule has 4 heterocycles. The second-order valence-electron chi connectivity index (χ2n) is 10.7. The molecule has 0 saturated carbocycles. The molecule has 10 rings (SSSR count). The molecule has 2 heteroatoms. The topological polar surface area (TPSA) is 24.7 Å². The summed E-state index contributed by atoms with van der Waals surface area (Å²) >= 11 is 0. The van der Waals surface area contributed by atoms with E-state index in [0.29, 0.717) is 13.1 Å². The van der Waals surface area contributed by atoms with Gasteiger partial charge in [0.15, 0.2) is 0 Å². The Bertz CT molecular complexity index is 1770. The average Bonchev–Trinajstić information content (AvgIpc) is 3.05. The number of nitrogens with zero attached hydrogens (tertiary/aromatic N) is 2. The van der Waals surface area contributed by atoms with E-state index < -0.39 is 0 Å². The van der Waals surface area contributed by atoms with Crippen LogP contribution in [0.1, 0.15) is 22.3 Å². The summed E-state index contributed by atoms with van der Waals surface area (Å²) in [6.45, 7) is 1.27. The van der Waals surface area contributed by atoms with Gasteiger partial charge >= 0.3 is 0 Å². The van der Waals surface area contributed by atoms with E-state index in [4.69, 9.17) is 9.98 Å². The van der Waals surface area contributed by atoms with Crippen LogP contribution < -0.4 is 0 Å². The summed E-state index contributed by atoms with van der Waals surface area (Å²) in [7, 11) is 0. The first-order valence-electron chi connectivity index (χ1n) is 14.4. The smallest absolute Gasteiger partial charge is 0.0640 e. The van der Waals surface area contributed by atoms with Gasteiger partial charge < -0.3 is 0 Å². The molecule has 0 saturated heterocycles. The van der Waals surface area contributed by atoms with Gasteiger partial charge in [-0.25, -0.2) is 0 Å². The van der Waals surface area contributed by atoms with Crippen molar-refractivity contribution in [3.63, 3.8) is 0 Å². The molecule has 0 unspecified atom stereocenters. The zero-order valence-corrected chi connectivity index (χ0v) is 23.3. The minimum absolute atomic E-state index is 0.637. The third kappa shape index (κ3) is 5.75. The minimum atomic E-state index is 0.637. The summed E-state index contributed by atoms with van der Waals surface area (Å²) in [5.74, 6) is 0. The Labute approximate surface area is 247 Å². The molecule has 200 valence electrons. The van der Waals surface area contributed by atoms with Crippen LogP contribution in [0.15, 0.2) is 156 Å². The molecule has 0 radical (unpaired) electrons. The zero-order valence-electron chi connectivity index (χ0n) is 23.3. The van der Waals surface area contributed by atoms with Gasteiger partial charge in [0.1, 0.15) is 0 Å². The van der Waals surface area contributed by atoms with Crippen LogP contribution in [0.4, 0.5) is 0 Å². The molecule has 0 fully saturated rings. The van der Waals surface area contributed by atoms with Crippen LogP contribution in [0.2, 0.25) is 0 Å². The highest BCUT2D eigenvalue weighted by atomic mass is 14.7. The number of hydrogen-bond acceptors (Lipinski definition) is 2. The summed E-state index contributed by atoms with van der Waals surface area (Å²) in [5.41, 5.74) is 14.1. The molecule has 6 aromatic rings. The van der Waals surface area contributed by atoms with Crippen molar-refractivity contribution in [2.75, 3.05) is 0 Å². The number of aliphatic imine (C=N–C) groups is 2. The Morgan fingerprint density at radius 1 is 0.310 bits per heavy atom. The highest BCUT2D eigenvalue weighted by molar-refractivity contribution is 5.84. The van der Waals surface area contributed by atoms with E-state index in [0.717, 1.165) is 11.1 Å². The highest BCUT2D eigenvalue weighted by Crippen LogP contribution is 2.28. The van der Waals surface area contributed by atoms with Gasteiger partial charge in [0.2, 0.25) is 0 Å². The van der Waals surface area contributed by atoms with Crippen molar-refractivity contribution in [1.82, 2.24) is 0 Å². The second-order valence-corrected chi connectivity index (χ2v) is 10.7. The lowest BCUT2D eigenvalue weighted by Gasteiger charge is -2.08. The first-order valence-corrected chi connectivity index (χ1v) is 14.4. The molecule has 42 heavy (non-hydrogen) atoms. The van der Waals surface area contributed by atoms with E-state index in [2.05, 4.69) is 146 Å². The summed E-state index contributed by atoms with van der Waals surface area (Å²) in [5, 5.41) is 0. The van der Waals surface area contributed by atoms with Gasteiger partial charge in [-0.15, -0.1) is 0 Å². The maximum atomic E-state index is 4.78. The highest BCUT2D eigenvalue weighted by Gasteiger charge is 2.05. The Morgan fingerprint density at radius 2 is 0.643 bits per heavy atom. The van der Waals surface area contributed by atoms with Crippen molar-refractivity contribution in [1.29, 1.82) is 0 Å². The Morgan fingerprint density at radius 3 is 1.02 bits per heavy atom. The fourth-order valence-corrected chi connectivity index (χ4v) is 5.52. The Kier molecular flexibility index (Phi) is 7.10. The SMILES string of the molecule is C1=NCc2cccc(c2)-c2ccc(cc2)-c2cccc(c2)C=NCc2cccc(c2)-c2ccc(cc2)-c2cccc1c2. The van der Waals surface area contributed by atoms with Crippen molar-refractivity contribution in [2.45, 2.75) is 13.1 Å². The van der Waals surface area contributed by atoms with E-state index in [1.54, 1.807) is 0 Å². The van der Waals surface area contributed by atoms with E-state index in [9.17, 15) is 0 Å². The minimum Gasteiger partial charge on any atom is -0.288 e. The normalized spacial score (nSPS) is 12.4. The lowest BCUT2D eigenvalue weighted by molar-refractivity contribution is 1.08. The number of hydrogen-bond donors (Lipinski definition) is 0. The molecule has 0 spiro atoms. The fraction of sp³-hybridized carbons (Fsp3) is 0.0500. The first-order chi connectivity index (χ1) is 20.8. The molecular formula is C40H30N2. The molecule has 4 aliphatic heterocycles. The average molecular weight is 539 g/mol. The largest absolute Gasteiger partial charge is 0.288 e. The molecule has 0 aromatic heterocycles. The molecule has 0 aliphatic carbocycles. The van der Waals surface area contributed by atoms with Crippen LogP contribution in [-0.4, -0.2) is 12.4 Å². The van der Waals surface area contributed by atoms with Crippen molar-refractivity contribution < 1.29 is 0 Å². The molecule has 12 bridgehead atoms. The van der Waals surface area contributed by atoms with Crippen molar-refractivity contribution >= 4 is 12.4 Å². The van der Waals surface area contributed by atoms with Crippen molar-refractivity contribution in [3.05, 3.63) is 168 Å². The maximum Gasteiger partial charge on any atom is 0.0640 e. The molecule has 2 nitrogen and oxygen atoms in total. The van der Waals surface area contributed by atoms with Crippen LogP contribution in [0.5, 0.6) is 0 Å². The predicted molar refractivity (Wildman–Crippen MR) is 177 cm³/mol. The van der Waals surface area contributed by atoms with E-state index >= 15 is 0 Å². The van der Waals surface area contributed by atoms with Crippen LogP contribution in [0, 0.1) is 0 Å². The van der Waals surface area contributed by atoms with E-state index in [1.165, 1.54) is 55.6 Å². The standard InChI is InChI=1S/C40H30N2/c1-5-29-21-37(9-1)33-13-15-34(16-14-33)38-10-3-7-31(23-38)27-42-28-32-8-4-12-40(24-32)36-19-17-35(18-20-36)39-11-2-6-30(22-39)26-41-25-29/h1-25,28H,26-27H2. The summed E-state index contributed by atoms with van der Waals surface area (Å²) in [6.07, 6.45) is 3.96. The van der Waals surface area contributed by atoms with Crippen LogP contribution in [0.25, 0.3) is 44.5 Å². The molecule has 4 aliphatic rings.